The van der Waals surface area contributed by atoms with Crippen LogP contribution in [-0.2, 0) is 14.3 Å². The van der Waals surface area contributed by atoms with Crippen LogP contribution in [0.25, 0.3) is 0 Å². The number of nitrogens with zero attached hydrogens (tertiary/aromatic N) is 1. The number of ether oxygens (including phenoxy) is 3. The van der Waals surface area contributed by atoms with Crippen LogP contribution >= 0.6 is 0 Å². The molecule has 2 amide bonds. The first-order chi connectivity index (χ1) is 13.5. The Morgan fingerprint density at radius 1 is 1.32 bits per heavy atom. The zero-order valence-electron chi connectivity index (χ0n) is 16.3. The quantitative estimate of drug-likeness (QED) is 0.706. The molecule has 1 aromatic carbocycles. The van der Waals surface area contributed by atoms with Crippen molar-refractivity contribution in [1.29, 1.82) is 5.26 Å². The van der Waals surface area contributed by atoms with E-state index >= 15 is 0 Å². The molecule has 8 nitrogen and oxygen atoms in total. The predicted molar refractivity (Wildman–Crippen MR) is 103 cm³/mol. The maximum Gasteiger partial charge on any atom is 0.413 e. The molecule has 1 aliphatic rings. The van der Waals surface area contributed by atoms with Gasteiger partial charge in [-0.15, -0.1) is 0 Å². The van der Waals surface area contributed by atoms with E-state index in [1.54, 1.807) is 24.3 Å². The van der Waals surface area contributed by atoms with Crippen LogP contribution in [0.1, 0.15) is 39.5 Å². The highest BCUT2D eigenvalue weighted by atomic mass is 16.7. The smallest absolute Gasteiger partial charge is 0.410 e. The molecule has 1 aromatic rings. The van der Waals surface area contributed by atoms with Gasteiger partial charge in [-0.05, 0) is 25.0 Å². The molecule has 0 radical (unpaired) electrons. The molecule has 8 heteroatoms. The van der Waals surface area contributed by atoms with Gasteiger partial charge in [0, 0.05) is 11.8 Å². The Hall–Kier alpha value is -2.63. The van der Waals surface area contributed by atoms with E-state index in [1.807, 2.05) is 19.9 Å². The first-order valence-corrected chi connectivity index (χ1v) is 9.48. The third kappa shape index (κ3) is 5.94. The second-order valence-electron chi connectivity index (χ2n) is 6.79. The van der Waals surface area contributed by atoms with Gasteiger partial charge in [0.25, 0.3) is 0 Å². The SMILES string of the molecule is CCCC[C@H](C#N)NC(=O)Oc1cccc(NC(=O)C2(CC)COCOC2)c1. The van der Waals surface area contributed by atoms with Crippen LogP contribution in [0, 0.1) is 16.7 Å². The second kappa shape index (κ2) is 10.6. The molecule has 0 aromatic heterocycles. The van der Waals surface area contributed by atoms with E-state index < -0.39 is 17.6 Å². The third-order valence-electron chi connectivity index (χ3n) is 4.68. The van der Waals surface area contributed by atoms with Crippen molar-refractivity contribution in [2.75, 3.05) is 25.3 Å². The van der Waals surface area contributed by atoms with Crippen molar-refractivity contribution in [3.63, 3.8) is 0 Å². The first kappa shape index (κ1) is 21.7. The average Bonchev–Trinajstić information content (AvgIpc) is 2.71. The Kier molecular flexibility index (Phi) is 8.23. The molecule has 152 valence electrons. The number of carbonyl (C=O) groups is 2. The standard InChI is InChI=1S/C20H27N3O5/c1-3-5-7-16(11-21)23-19(25)28-17-9-6-8-15(10-17)22-18(24)20(4-2)12-26-14-27-13-20/h6,8-10,16H,3-5,7,12-14H2,1-2H3,(H,22,24)(H,23,25)/t16-/m1/s1. The van der Waals surface area contributed by atoms with Gasteiger partial charge in [-0.2, -0.15) is 5.26 Å². The lowest BCUT2D eigenvalue weighted by atomic mass is 9.85. The van der Waals surface area contributed by atoms with Crippen molar-refractivity contribution in [3.8, 4) is 11.8 Å². The van der Waals surface area contributed by atoms with E-state index in [2.05, 4.69) is 10.6 Å². The molecule has 1 atom stereocenters. The molecule has 1 fully saturated rings. The molecule has 28 heavy (non-hydrogen) atoms. The Morgan fingerprint density at radius 3 is 2.71 bits per heavy atom. The topological polar surface area (TPSA) is 110 Å². The zero-order chi connectivity index (χ0) is 20.4. The van der Waals surface area contributed by atoms with Gasteiger partial charge in [-0.25, -0.2) is 4.79 Å². The summed E-state index contributed by atoms with van der Waals surface area (Å²) in [5.41, 5.74) is -0.247. The van der Waals surface area contributed by atoms with Crippen LogP contribution in [0.4, 0.5) is 10.5 Å². The number of anilines is 1. The molecular formula is C20H27N3O5. The fourth-order valence-electron chi connectivity index (χ4n) is 2.83. The van der Waals surface area contributed by atoms with Crippen molar-refractivity contribution >= 4 is 17.7 Å². The van der Waals surface area contributed by atoms with Gasteiger partial charge < -0.3 is 24.8 Å². The summed E-state index contributed by atoms with van der Waals surface area (Å²) in [5.74, 6) is 0.0598. The first-order valence-electron chi connectivity index (χ1n) is 9.48. The van der Waals surface area contributed by atoms with Gasteiger partial charge in [-0.1, -0.05) is 32.8 Å². The number of amides is 2. The molecule has 1 heterocycles. The van der Waals surface area contributed by atoms with E-state index in [4.69, 9.17) is 19.5 Å². The molecule has 2 N–H and O–H groups in total. The van der Waals surface area contributed by atoms with Crippen LogP contribution in [0.5, 0.6) is 5.75 Å². The number of hydrogen-bond donors (Lipinski definition) is 2. The number of hydrogen-bond acceptors (Lipinski definition) is 6. The fourth-order valence-corrected chi connectivity index (χ4v) is 2.83. The number of benzene rings is 1. The van der Waals surface area contributed by atoms with Gasteiger partial charge in [0.05, 0.1) is 24.7 Å². The van der Waals surface area contributed by atoms with E-state index in [1.165, 1.54) is 0 Å². The third-order valence-corrected chi connectivity index (χ3v) is 4.68. The van der Waals surface area contributed by atoms with Crippen LogP contribution in [0.2, 0.25) is 0 Å². The zero-order valence-corrected chi connectivity index (χ0v) is 16.3. The van der Waals surface area contributed by atoms with Crippen molar-refractivity contribution < 1.29 is 23.8 Å². The highest BCUT2D eigenvalue weighted by molar-refractivity contribution is 5.95. The molecule has 2 rings (SSSR count). The lowest BCUT2D eigenvalue weighted by molar-refractivity contribution is -0.174. The Balaban J connectivity index is 1.97. The maximum atomic E-state index is 12.7. The van der Waals surface area contributed by atoms with Crippen molar-refractivity contribution in [2.45, 2.75) is 45.6 Å². The van der Waals surface area contributed by atoms with Crippen molar-refractivity contribution in [2.24, 2.45) is 5.41 Å². The molecule has 1 aliphatic heterocycles. The van der Waals surface area contributed by atoms with Crippen LogP contribution < -0.4 is 15.4 Å². The van der Waals surface area contributed by atoms with E-state index in [0.717, 1.165) is 12.8 Å². The van der Waals surface area contributed by atoms with Gasteiger partial charge in [0.15, 0.2) is 0 Å². The van der Waals surface area contributed by atoms with E-state index in [0.29, 0.717) is 31.7 Å². The molecule has 1 saturated heterocycles. The van der Waals surface area contributed by atoms with E-state index in [9.17, 15) is 9.59 Å². The predicted octanol–water partition coefficient (Wildman–Crippen LogP) is 3.20. The van der Waals surface area contributed by atoms with Gasteiger partial charge >= 0.3 is 6.09 Å². The summed E-state index contributed by atoms with van der Waals surface area (Å²) in [7, 11) is 0. The summed E-state index contributed by atoms with van der Waals surface area (Å²) < 4.78 is 15.8. The second-order valence-corrected chi connectivity index (χ2v) is 6.79. The van der Waals surface area contributed by atoms with Gasteiger partial charge in [-0.3, -0.25) is 4.79 Å². The normalized spacial score (nSPS) is 16.5. The summed E-state index contributed by atoms with van der Waals surface area (Å²) in [6.07, 6.45) is 2.22. The molecule has 0 spiro atoms. The number of carbonyl (C=O) groups excluding carboxylic acids is 2. The average molecular weight is 389 g/mol. The molecule has 0 aliphatic carbocycles. The van der Waals surface area contributed by atoms with Crippen LogP contribution in [-0.4, -0.2) is 38.0 Å². The summed E-state index contributed by atoms with van der Waals surface area (Å²) in [5, 5.41) is 14.5. The summed E-state index contributed by atoms with van der Waals surface area (Å²) in [6.45, 7) is 4.70. The number of nitrogens with one attached hydrogen (secondary N) is 2. The van der Waals surface area contributed by atoms with E-state index in [-0.39, 0.29) is 18.4 Å². The van der Waals surface area contributed by atoms with Crippen molar-refractivity contribution in [3.05, 3.63) is 24.3 Å². The lowest BCUT2D eigenvalue weighted by Gasteiger charge is -2.34. The Labute approximate surface area is 165 Å². The number of unbranched alkanes of at least 4 members (excludes halogenated alkanes) is 1. The maximum absolute atomic E-state index is 12.7. The lowest BCUT2D eigenvalue weighted by Crippen LogP contribution is -2.46. The summed E-state index contributed by atoms with van der Waals surface area (Å²) in [6, 6.07) is 7.98. The largest absolute Gasteiger partial charge is 0.413 e. The Morgan fingerprint density at radius 2 is 2.07 bits per heavy atom. The van der Waals surface area contributed by atoms with Crippen molar-refractivity contribution in [1.82, 2.24) is 5.32 Å². The van der Waals surface area contributed by atoms with Gasteiger partial charge in [0.1, 0.15) is 18.6 Å². The fraction of sp³-hybridized carbons (Fsp3) is 0.550. The minimum absolute atomic E-state index is 0.190. The van der Waals surface area contributed by atoms with Crippen LogP contribution in [0.15, 0.2) is 24.3 Å². The Bertz CT molecular complexity index is 710. The highest BCUT2D eigenvalue weighted by Crippen LogP contribution is 2.29. The minimum Gasteiger partial charge on any atom is -0.410 e. The number of nitriles is 1. The molecule has 0 saturated carbocycles. The molecule has 0 bridgehead atoms. The highest BCUT2D eigenvalue weighted by Gasteiger charge is 2.39. The monoisotopic (exact) mass is 389 g/mol. The number of rotatable bonds is 8. The molecular weight excluding hydrogens is 362 g/mol. The minimum atomic E-state index is -0.744. The van der Waals surface area contributed by atoms with Crippen LogP contribution in [0.3, 0.4) is 0 Å². The summed E-state index contributed by atoms with van der Waals surface area (Å²) in [4.78, 5) is 24.7. The molecule has 0 unspecified atom stereocenters. The summed E-state index contributed by atoms with van der Waals surface area (Å²) >= 11 is 0. The van der Waals surface area contributed by atoms with Gasteiger partial charge in [0.2, 0.25) is 5.91 Å².